The molecule has 1 N–H and O–H groups in total. The molecule has 1 aromatic carbocycles. The summed E-state index contributed by atoms with van der Waals surface area (Å²) in [5.74, 6) is 6.24. The molecule has 0 bridgehead atoms. The zero-order chi connectivity index (χ0) is 10.2. The van der Waals surface area contributed by atoms with Crippen molar-refractivity contribution in [2.24, 2.45) is 0 Å². The molecule has 1 rings (SSSR count). The molecule has 2 heteroatoms. The zero-order valence-electron chi connectivity index (χ0n) is 8.31. The maximum absolute atomic E-state index is 3.35. The summed E-state index contributed by atoms with van der Waals surface area (Å²) in [6.07, 6.45) is 0.899. The molecule has 0 aromatic heterocycles. The minimum absolute atomic E-state index is 0.897. The van der Waals surface area contributed by atoms with Crippen LogP contribution in [0.5, 0.6) is 0 Å². The Bertz CT molecular complexity index is 336. The van der Waals surface area contributed by atoms with E-state index in [2.05, 4.69) is 45.2 Å². The molecule has 14 heavy (non-hydrogen) atoms. The summed E-state index contributed by atoms with van der Waals surface area (Å²) in [5.41, 5.74) is 2.37. The Morgan fingerprint density at radius 2 is 2.29 bits per heavy atom. The predicted molar refractivity (Wildman–Crippen MR) is 64.5 cm³/mol. The molecule has 0 aliphatic carbocycles. The van der Waals surface area contributed by atoms with Gasteiger partial charge in [-0.2, -0.15) is 0 Å². The summed E-state index contributed by atoms with van der Waals surface area (Å²) in [6.45, 7) is 0.897. The molecule has 0 amide bonds. The largest absolute Gasteiger partial charge is 0.316 e. The van der Waals surface area contributed by atoms with Crippen molar-refractivity contribution >= 4 is 15.9 Å². The predicted octanol–water partition coefficient (Wildman–Crippen LogP) is 2.54. The van der Waals surface area contributed by atoms with E-state index in [0.29, 0.717) is 0 Å². The molecule has 0 saturated carbocycles. The van der Waals surface area contributed by atoms with Crippen molar-refractivity contribution in [1.29, 1.82) is 0 Å². The normalized spacial score (nSPS) is 9.29. The molecule has 0 heterocycles. The van der Waals surface area contributed by atoms with Gasteiger partial charge in [-0.15, -0.1) is 0 Å². The van der Waals surface area contributed by atoms with Crippen molar-refractivity contribution in [2.75, 3.05) is 12.4 Å². The highest BCUT2D eigenvalue weighted by molar-refractivity contribution is 9.09. The van der Waals surface area contributed by atoms with Crippen LogP contribution in [-0.2, 0) is 6.54 Å². The van der Waals surface area contributed by atoms with Gasteiger partial charge in [-0.25, -0.2) is 0 Å². The van der Waals surface area contributed by atoms with Crippen molar-refractivity contribution in [1.82, 2.24) is 5.32 Å². The van der Waals surface area contributed by atoms with Crippen LogP contribution in [0, 0.1) is 11.8 Å². The summed E-state index contributed by atoms with van der Waals surface area (Å²) in [5, 5.41) is 4.06. The molecule has 0 saturated heterocycles. The van der Waals surface area contributed by atoms with E-state index in [-0.39, 0.29) is 0 Å². The van der Waals surface area contributed by atoms with Gasteiger partial charge in [-0.3, -0.25) is 0 Å². The average Bonchev–Trinajstić information content (AvgIpc) is 2.19. The molecule has 1 nitrogen and oxygen atoms in total. The van der Waals surface area contributed by atoms with Crippen LogP contribution in [0.4, 0.5) is 0 Å². The third-order valence-corrected chi connectivity index (χ3v) is 2.16. The van der Waals surface area contributed by atoms with Crippen LogP contribution in [0.3, 0.4) is 0 Å². The molecule has 74 valence electrons. The number of benzene rings is 1. The Balaban J connectivity index is 2.69. The molecule has 0 fully saturated rings. The molecule has 0 aliphatic rings. The van der Waals surface area contributed by atoms with Gasteiger partial charge in [0.25, 0.3) is 0 Å². The lowest BCUT2D eigenvalue weighted by Crippen LogP contribution is -2.04. The van der Waals surface area contributed by atoms with Crippen molar-refractivity contribution in [3.63, 3.8) is 0 Å². The maximum Gasteiger partial charge on any atom is 0.0248 e. The van der Waals surface area contributed by atoms with Crippen LogP contribution < -0.4 is 5.32 Å². The number of hydrogen-bond donors (Lipinski definition) is 1. The Labute approximate surface area is 94.0 Å². The Kier molecular flexibility index (Phi) is 5.36. The minimum atomic E-state index is 0.897. The fourth-order valence-corrected chi connectivity index (χ4v) is 1.37. The quantitative estimate of drug-likeness (QED) is 0.644. The number of halogens is 1. The van der Waals surface area contributed by atoms with Gasteiger partial charge < -0.3 is 5.32 Å². The van der Waals surface area contributed by atoms with Crippen LogP contribution >= 0.6 is 15.9 Å². The Morgan fingerprint density at radius 1 is 1.43 bits per heavy atom. The number of alkyl halides is 1. The van der Waals surface area contributed by atoms with Crippen LogP contribution in [0.2, 0.25) is 0 Å². The van der Waals surface area contributed by atoms with E-state index in [1.165, 1.54) is 5.56 Å². The second-order valence-corrected chi connectivity index (χ2v) is 3.76. The van der Waals surface area contributed by atoms with Gasteiger partial charge >= 0.3 is 0 Å². The van der Waals surface area contributed by atoms with Gasteiger partial charge in [0.05, 0.1) is 0 Å². The van der Waals surface area contributed by atoms with E-state index in [4.69, 9.17) is 0 Å². The van der Waals surface area contributed by atoms with E-state index in [1.54, 1.807) is 0 Å². The van der Waals surface area contributed by atoms with Gasteiger partial charge in [0.1, 0.15) is 0 Å². The second kappa shape index (κ2) is 6.64. The standard InChI is InChI=1S/C12H14BrN/c1-14-10-12-7-4-6-11(9-12)5-2-3-8-13/h4,6-7,9,14H,3,8,10H2,1H3. The first-order valence-corrected chi connectivity index (χ1v) is 5.77. The number of hydrogen-bond acceptors (Lipinski definition) is 1. The van der Waals surface area contributed by atoms with Gasteiger partial charge in [-0.1, -0.05) is 39.9 Å². The fourth-order valence-electron chi connectivity index (χ4n) is 1.17. The van der Waals surface area contributed by atoms with Crippen molar-refractivity contribution in [3.05, 3.63) is 35.4 Å². The molecular formula is C12H14BrN. The highest BCUT2D eigenvalue weighted by Crippen LogP contribution is 2.03. The van der Waals surface area contributed by atoms with Crippen molar-refractivity contribution in [3.8, 4) is 11.8 Å². The van der Waals surface area contributed by atoms with Crippen LogP contribution in [0.15, 0.2) is 24.3 Å². The van der Waals surface area contributed by atoms with Crippen LogP contribution in [0.25, 0.3) is 0 Å². The first-order chi connectivity index (χ1) is 6.86. The third-order valence-electron chi connectivity index (χ3n) is 1.76. The molecule has 0 atom stereocenters. The molecule has 0 unspecified atom stereocenters. The highest BCUT2D eigenvalue weighted by Gasteiger charge is 1.91. The van der Waals surface area contributed by atoms with E-state index in [1.807, 2.05) is 19.2 Å². The summed E-state index contributed by atoms with van der Waals surface area (Å²) < 4.78 is 0. The fraction of sp³-hybridized carbons (Fsp3) is 0.333. The molecule has 0 radical (unpaired) electrons. The lowest BCUT2D eigenvalue weighted by molar-refractivity contribution is 0.817. The molecule has 0 spiro atoms. The Morgan fingerprint density at radius 3 is 3.00 bits per heavy atom. The second-order valence-electron chi connectivity index (χ2n) is 2.97. The first-order valence-electron chi connectivity index (χ1n) is 4.65. The molecular weight excluding hydrogens is 238 g/mol. The highest BCUT2D eigenvalue weighted by atomic mass is 79.9. The lowest BCUT2D eigenvalue weighted by Gasteiger charge is -1.99. The number of rotatable bonds is 3. The van der Waals surface area contributed by atoms with Gasteiger partial charge in [-0.05, 0) is 24.7 Å². The lowest BCUT2D eigenvalue weighted by atomic mass is 10.1. The van der Waals surface area contributed by atoms with E-state index < -0.39 is 0 Å². The SMILES string of the molecule is CNCc1cccc(C#CCCBr)c1. The van der Waals surface area contributed by atoms with Crippen molar-refractivity contribution in [2.45, 2.75) is 13.0 Å². The number of nitrogens with one attached hydrogen (secondary N) is 1. The Hall–Kier alpha value is -0.780. The average molecular weight is 252 g/mol. The minimum Gasteiger partial charge on any atom is -0.316 e. The smallest absolute Gasteiger partial charge is 0.0248 e. The van der Waals surface area contributed by atoms with Crippen LogP contribution in [0.1, 0.15) is 17.5 Å². The first kappa shape index (κ1) is 11.3. The maximum atomic E-state index is 3.35. The summed E-state index contributed by atoms with van der Waals surface area (Å²) in [6, 6.07) is 8.31. The summed E-state index contributed by atoms with van der Waals surface area (Å²) in [7, 11) is 1.95. The van der Waals surface area contributed by atoms with E-state index in [9.17, 15) is 0 Å². The van der Waals surface area contributed by atoms with Crippen molar-refractivity contribution < 1.29 is 0 Å². The zero-order valence-corrected chi connectivity index (χ0v) is 9.89. The van der Waals surface area contributed by atoms with E-state index in [0.717, 1.165) is 23.9 Å². The van der Waals surface area contributed by atoms with Crippen LogP contribution in [-0.4, -0.2) is 12.4 Å². The monoisotopic (exact) mass is 251 g/mol. The summed E-state index contributed by atoms with van der Waals surface area (Å²) in [4.78, 5) is 0. The van der Waals surface area contributed by atoms with E-state index >= 15 is 0 Å². The van der Waals surface area contributed by atoms with Gasteiger partial charge in [0, 0.05) is 23.9 Å². The topological polar surface area (TPSA) is 12.0 Å². The molecule has 0 aliphatic heterocycles. The van der Waals surface area contributed by atoms with Gasteiger partial charge in [0.2, 0.25) is 0 Å². The van der Waals surface area contributed by atoms with Gasteiger partial charge in [0.15, 0.2) is 0 Å². The summed E-state index contributed by atoms with van der Waals surface area (Å²) >= 11 is 3.35. The third kappa shape index (κ3) is 3.95. The molecule has 1 aromatic rings.